The molecule has 1 amide bonds. The van der Waals surface area contributed by atoms with Gasteiger partial charge in [0.05, 0.1) is 21.6 Å². The van der Waals surface area contributed by atoms with Crippen molar-refractivity contribution in [3.63, 3.8) is 0 Å². The van der Waals surface area contributed by atoms with E-state index in [0.717, 1.165) is 43.1 Å². The molecule has 1 aromatic carbocycles. The summed E-state index contributed by atoms with van der Waals surface area (Å²) in [5.74, 6) is 0.156. The van der Waals surface area contributed by atoms with Crippen molar-refractivity contribution in [2.45, 2.75) is 32.0 Å². The van der Waals surface area contributed by atoms with E-state index in [-0.39, 0.29) is 12.0 Å². The van der Waals surface area contributed by atoms with Crippen molar-refractivity contribution < 1.29 is 14.4 Å². The number of hydrogen-bond donors (Lipinski definition) is 1. The van der Waals surface area contributed by atoms with Crippen molar-refractivity contribution in [1.29, 1.82) is 0 Å². The largest absolute Gasteiger partial charge is 0.372 e. The van der Waals surface area contributed by atoms with Crippen molar-refractivity contribution in [3.8, 4) is 0 Å². The van der Waals surface area contributed by atoms with Crippen LogP contribution < -0.4 is 4.90 Å². The summed E-state index contributed by atoms with van der Waals surface area (Å²) in [5, 5.41) is 3.08. The van der Waals surface area contributed by atoms with Gasteiger partial charge in [-0.2, -0.15) is 0 Å². The van der Waals surface area contributed by atoms with E-state index in [1.165, 1.54) is 14.5 Å². The number of aromatic nitrogens is 1. The average molecular weight is 417 g/mol. The fourth-order valence-corrected chi connectivity index (χ4v) is 5.42. The fraction of sp³-hybridized carbons (Fsp3) is 0.429. The maximum Gasteiger partial charge on any atom is 0.277 e. The van der Waals surface area contributed by atoms with E-state index in [0.29, 0.717) is 13.1 Å². The van der Waals surface area contributed by atoms with Crippen LogP contribution in [-0.2, 0) is 22.6 Å². The Bertz CT molecular complexity index is 870. The van der Waals surface area contributed by atoms with Gasteiger partial charge in [0.2, 0.25) is 0 Å². The van der Waals surface area contributed by atoms with Gasteiger partial charge in [-0.05, 0) is 36.4 Å². The molecule has 1 N–H and O–H groups in total. The number of carbonyl (C=O) groups excluding carboxylic acids is 1. The molecule has 1 aliphatic heterocycles. The van der Waals surface area contributed by atoms with Gasteiger partial charge in [0.1, 0.15) is 24.2 Å². The van der Waals surface area contributed by atoms with Gasteiger partial charge in [-0.3, -0.25) is 4.79 Å². The molecule has 2 aromatic heterocycles. The van der Waals surface area contributed by atoms with Crippen molar-refractivity contribution in [1.82, 2.24) is 9.88 Å². The van der Waals surface area contributed by atoms with Crippen LogP contribution in [0.3, 0.4) is 0 Å². The second-order valence-corrected chi connectivity index (χ2v) is 9.49. The molecule has 0 bridgehead atoms. The quantitative estimate of drug-likeness (QED) is 0.614. The van der Waals surface area contributed by atoms with E-state index in [2.05, 4.69) is 28.6 Å². The van der Waals surface area contributed by atoms with Crippen LogP contribution in [0.5, 0.6) is 0 Å². The van der Waals surface area contributed by atoms with Gasteiger partial charge in [0.15, 0.2) is 6.54 Å². The third kappa shape index (κ3) is 4.97. The van der Waals surface area contributed by atoms with Crippen molar-refractivity contribution in [2.24, 2.45) is 0 Å². The standard InChI is InChI=1S/C21H25N3O2S2/c1-23(14-20-22-18-8-2-3-9-19(18)28-20)21(25)15-24(12-16-6-4-10-26-16)13-17-7-5-11-27-17/h2-3,5,7-9,11,16H,4,6,10,12-15H2,1H3/p+1/t16-/m1/s1. The number of thiazole rings is 1. The van der Waals surface area contributed by atoms with Crippen LogP contribution in [0.15, 0.2) is 41.8 Å². The third-order valence-electron chi connectivity index (χ3n) is 5.08. The first-order valence-corrected chi connectivity index (χ1v) is 11.4. The van der Waals surface area contributed by atoms with Crippen LogP contribution in [-0.4, -0.2) is 48.6 Å². The molecule has 2 atom stereocenters. The third-order valence-corrected chi connectivity index (χ3v) is 6.98. The lowest BCUT2D eigenvalue weighted by molar-refractivity contribution is -0.908. The van der Waals surface area contributed by atoms with Gasteiger partial charge in [-0.25, -0.2) is 4.98 Å². The van der Waals surface area contributed by atoms with E-state index >= 15 is 0 Å². The Balaban J connectivity index is 1.38. The first-order chi connectivity index (χ1) is 13.7. The molecular formula is C21H26N3O2S2+. The molecule has 28 heavy (non-hydrogen) atoms. The lowest BCUT2D eigenvalue weighted by Crippen LogP contribution is -3.13. The lowest BCUT2D eigenvalue weighted by atomic mass is 10.2. The van der Waals surface area contributed by atoms with E-state index in [1.807, 2.05) is 30.1 Å². The first kappa shape index (κ1) is 19.5. The number of nitrogens with zero attached hydrogens (tertiary/aromatic N) is 2. The number of para-hydroxylation sites is 1. The Morgan fingerprint density at radius 3 is 2.96 bits per heavy atom. The number of hydrogen-bond acceptors (Lipinski definition) is 5. The number of carbonyl (C=O) groups is 1. The van der Waals surface area contributed by atoms with Crippen LogP contribution in [0.2, 0.25) is 0 Å². The highest BCUT2D eigenvalue weighted by Crippen LogP contribution is 2.22. The minimum absolute atomic E-state index is 0.156. The van der Waals surface area contributed by atoms with E-state index < -0.39 is 0 Å². The summed E-state index contributed by atoms with van der Waals surface area (Å²) in [5.41, 5.74) is 1.01. The van der Waals surface area contributed by atoms with Gasteiger partial charge in [0, 0.05) is 13.7 Å². The molecule has 0 saturated carbocycles. The molecule has 5 nitrogen and oxygen atoms in total. The molecule has 148 valence electrons. The summed E-state index contributed by atoms with van der Waals surface area (Å²) in [6, 6.07) is 12.3. The molecule has 0 aliphatic carbocycles. The second kappa shape index (κ2) is 9.13. The number of fused-ring (bicyclic) bond motifs is 1. The molecular weight excluding hydrogens is 390 g/mol. The van der Waals surface area contributed by atoms with Crippen LogP contribution >= 0.6 is 22.7 Å². The SMILES string of the molecule is CN(Cc1nc2ccccc2s1)C(=O)C[NH+](Cc1cccs1)C[C@H]1CCCO1. The molecule has 1 fully saturated rings. The molecule has 0 spiro atoms. The molecule has 7 heteroatoms. The fourth-order valence-electron chi connectivity index (χ4n) is 3.62. The van der Waals surface area contributed by atoms with Gasteiger partial charge >= 0.3 is 0 Å². The molecule has 1 saturated heterocycles. The minimum atomic E-state index is 0.156. The number of likely N-dealkylation sites (N-methyl/N-ethyl adjacent to an activating group) is 1. The minimum Gasteiger partial charge on any atom is -0.372 e. The highest BCUT2D eigenvalue weighted by atomic mass is 32.1. The summed E-state index contributed by atoms with van der Waals surface area (Å²) in [4.78, 5) is 22.0. The van der Waals surface area contributed by atoms with Gasteiger partial charge in [-0.15, -0.1) is 22.7 Å². The number of thiophene rings is 1. The van der Waals surface area contributed by atoms with Crippen LogP contribution in [0, 0.1) is 0 Å². The van der Waals surface area contributed by atoms with Crippen molar-refractivity contribution >= 4 is 38.8 Å². The number of amides is 1. The smallest absolute Gasteiger partial charge is 0.277 e. The Morgan fingerprint density at radius 1 is 1.32 bits per heavy atom. The zero-order valence-corrected chi connectivity index (χ0v) is 17.7. The summed E-state index contributed by atoms with van der Waals surface area (Å²) >= 11 is 3.42. The Kier molecular flexibility index (Phi) is 6.36. The highest BCUT2D eigenvalue weighted by Gasteiger charge is 2.25. The van der Waals surface area contributed by atoms with Crippen LogP contribution in [0.25, 0.3) is 10.2 Å². The number of quaternary nitrogens is 1. The maximum absolute atomic E-state index is 12.9. The lowest BCUT2D eigenvalue weighted by Gasteiger charge is -2.24. The summed E-state index contributed by atoms with van der Waals surface area (Å²) in [6.07, 6.45) is 2.50. The zero-order chi connectivity index (χ0) is 19.3. The highest BCUT2D eigenvalue weighted by molar-refractivity contribution is 7.18. The predicted octanol–water partition coefficient (Wildman–Crippen LogP) is 2.58. The number of rotatable bonds is 8. The Hall–Kier alpha value is -1.80. The van der Waals surface area contributed by atoms with Crippen molar-refractivity contribution in [3.05, 3.63) is 51.7 Å². The zero-order valence-electron chi connectivity index (χ0n) is 16.1. The number of ether oxygens (including phenoxy) is 1. The molecule has 1 aliphatic rings. The average Bonchev–Trinajstić information content (AvgIpc) is 3.43. The normalized spacial score (nSPS) is 17.8. The molecule has 3 aromatic rings. The Labute approximate surface area is 173 Å². The van der Waals surface area contributed by atoms with E-state index in [9.17, 15) is 4.79 Å². The van der Waals surface area contributed by atoms with Crippen LogP contribution in [0.1, 0.15) is 22.7 Å². The van der Waals surface area contributed by atoms with Gasteiger partial charge < -0.3 is 14.5 Å². The van der Waals surface area contributed by atoms with Crippen molar-refractivity contribution in [2.75, 3.05) is 26.7 Å². The number of benzene rings is 1. The summed E-state index contributed by atoms with van der Waals surface area (Å²) in [6.45, 7) is 3.66. The summed E-state index contributed by atoms with van der Waals surface area (Å²) < 4.78 is 6.99. The topological polar surface area (TPSA) is 46.9 Å². The Morgan fingerprint density at radius 2 is 2.21 bits per heavy atom. The summed E-state index contributed by atoms with van der Waals surface area (Å²) in [7, 11) is 1.88. The van der Waals surface area contributed by atoms with E-state index in [4.69, 9.17) is 4.74 Å². The molecule has 1 unspecified atom stereocenters. The first-order valence-electron chi connectivity index (χ1n) is 9.73. The van der Waals surface area contributed by atoms with E-state index in [1.54, 1.807) is 22.7 Å². The molecule has 0 radical (unpaired) electrons. The maximum atomic E-state index is 12.9. The number of nitrogens with one attached hydrogen (secondary N) is 1. The van der Waals surface area contributed by atoms with Gasteiger partial charge in [0.25, 0.3) is 5.91 Å². The molecule has 3 heterocycles. The predicted molar refractivity (Wildman–Crippen MR) is 114 cm³/mol. The van der Waals surface area contributed by atoms with Crippen LogP contribution in [0.4, 0.5) is 0 Å². The monoisotopic (exact) mass is 416 g/mol. The second-order valence-electron chi connectivity index (χ2n) is 7.35. The van der Waals surface area contributed by atoms with Gasteiger partial charge in [-0.1, -0.05) is 18.2 Å². The molecule has 4 rings (SSSR count).